The van der Waals surface area contributed by atoms with Gasteiger partial charge in [0.05, 0.1) is 19.1 Å². The molecule has 0 aromatic heterocycles. The molecule has 37 heavy (non-hydrogen) atoms. The van der Waals surface area contributed by atoms with Crippen LogP contribution in [0.4, 0.5) is 0 Å². The van der Waals surface area contributed by atoms with Gasteiger partial charge in [-0.1, -0.05) is 24.1 Å². The monoisotopic (exact) mass is 534 g/mol. The molecule has 1 unspecified atom stereocenters. The highest BCUT2D eigenvalue weighted by Crippen LogP contribution is 2.47. The molecule has 6 atom stereocenters. The maximum absolute atomic E-state index is 13.7. The van der Waals surface area contributed by atoms with Gasteiger partial charge in [-0.15, -0.1) is 6.42 Å². The Morgan fingerprint density at radius 1 is 1.32 bits per heavy atom. The molecule has 1 fully saturated rings. The van der Waals surface area contributed by atoms with Gasteiger partial charge in [-0.2, -0.15) is 5.09 Å². The minimum Gasteiger partial charge on any atom is -0.462 e. The third kappa shape index (κ3) is 6.66. The number of aliphatic hydroxyl groups excluding tert-OH is 1. The van der Waals surface area contributed by atoms with Crippen LogP contribution >= 0.6 is 7.75 Å². The molecule has 12 heteroatoms. The Balaban J connectivity index is 1.80. The van der Waals surface area contributed by atoms with Gasteiger partial charge in [0.2, 0.25) is 5.91 Å². The number of benzene rings is 1. The lowest BCUT2D eigenvalue weighted by atomic mass is 9.82. The number of rotatable bonds is 10. The van der Waals surface area contributed by atoms with Crippen LogP contribution in [-0.2, 0) is 32.9 Å². The average molecular weight is 535 g/mol. The summed E-state index contributed by atoms with van der Waals surface area (Å²) in [5, 5.41) is 13.6. The second kappa shape index (κ2) is 11.6. The van der Waals surface area contributed by atoms with Crippen LogP contribution in [-0.4, -0.2) is 64.9 Å². The van der Waals surface area contributed by atoms with Gasteiger partial charge in [-0.25, -0.2) is 4.57 Å². The third-order valence-electron chi connectivity index (χ3n) is 5.82. The van der Waals surface area contributed by atoms with Crippen molar-refractivity contribution in [1.82, 2.24) is 9.99 Å². The molecule has 0 bridgehead atoms. The number of ketones is 1. The van der Waals surface area contributed by atoms with Crippen LogP contribution in [0.15, 0.2) is 42.6 Å². The fraction of sp³-hybridized carbons (Fsp3) is 0.480. The molecule has 1 amide bonds. The standard InChI is InChI=1S/C25H31N2O9P/c1-6-25(5)22(30)20(35-24(25)27-13-12-18(28)14-21(27)29)15-33-37(32,36-19-10-8-7-9-11-19)26-17(4)23(31)34-16(2)3/h1,7-13,16-17,20,22,24,30H,14-15H2,2-5H3,(H,26,32)/t17-,20+,22+,24+,25+,37?/m0/s1. The summed E-state index contributed by atoms with van der Waals surface area (Å²) in [4.78, 5) is 37.5. The Kier molecular flexibility index (Phi) is 8.95. The molecule has 2 N–H and O–H groups in total. The summed E-state index contributed by atoms with van der Waals surface area (Å²) in [5.41, 5.74) is -1.37. The van der Waals surface area contributed by atoms with Crippen molar-refractivity contribution >= 4 is 25.4 Å². The zero-order valence-electron chi connectivity index (χ0n) is 21.0. The van der Waals surface area contributed by atoms with Crippen LogP contribution in [0.3, 0.4) is 0 Å². The molecular weight excluding hydrogens is 503 g/mol. The number of allylic oxidation sites excluding steroid dienone is 1. The first kappa shape index (κ1) is 28.6. The van der Waals surface area contributed by atoms with E-state index in [9.17, 15) is 24.1 Å². The molecule has 2 aliphatic rings. The zero-order chi connectivity index (χ0) is 27.4. The van der Waals surface area contributed by atoms with Crippen LogP contribution in [0.25, 0.3) is 0 Å². The van der Waals surface area contributed by atoms with Crippen molar-refractivity contribution in [2.24, 2.45) is 5.41 Å². The van der Waals surface area contributed by atoms with Crippen LogP contribution < -0.4 is 9.61 Å². The molecule has 0 aliphatic carbocycles. The Labute approximate surface area is 215 Å². The lowest BCUT2D eigenvalue weighted by Gasteiger charge is -2.34. The van der Waals surface area contributed by atoms with Crippen molar-refractivity contribution in [3.05, 3.63) is 42.6 Å². The van der Waals surface area contributed by atoms with Crippen LogP contribution in [0, 0.1) is 17.8 Å². The molecule has 2 heterocycles. The molecule has 1 saturated heterocycles. The lowest BCUT2D eigenvalue weighted by Crippen LogP contribution is -2.48. The summed E-state index contributed by atoms with van der Waals surface area (Å²) < 4.78 is 36.0. The third-order valence-corrected chi connectivity index (χ3v) is 7.46. The fourth-order valence-electron chi connectivity index (χ4n) is 3.82. The summed E-state index contributed by atoms with van der Waals surface area (Å²) in [5.74, 6) is 1.12. The van der Waals surface area contributed by atoms with E-state index < -0.39 is 62.2 Å². The van der Waals surface area contributed by atoms with Gasteiger partial charge in [0, 0.05) is 6.20 Å². The molecule has 0 spiro atoms. The van der Waals surface area contributed by atoms with Gasteiger partial charge in [0.25, 0.3) is 0 Å². The number of nitrogens with one attached hydrogen (secondary N) is 1. The number of ether oxygens (including phenoxy) is 2. The van der Waals surface area contributed by atoms with E-state index in [1.165, 1.54) is 26.1 Å². The zero-order valence-corrected chi connectivity index (χ0v) is 21.9. The van der Waals surface area contributed by atoms with E-state index in [2.05, 4.69) is 11.0 Å². The van der Waals surface area contributed by atoms with E-state index in [0.717, 1.165) is 4.90 Å². The van der Waals surface area contributed by atoms with Crippen molar-refractivity contribution in [2.45, 2.75) is 64.7 Å². The Morgan fingerprint density at radius 3 is 2.59 bits per heavy atom. The van der Waals surface area contributed by atoms with Gasteiger partial charge in [-0.05, 0) is 45.9 Å². The quantitative estimate of drug-likeness (QED) is 0.199. The molecule has 11 nitrogen and oxygen atoms in total. The van der Waals surface area contributed by atoms with Gasteiger partial charge < -0.3 is 19.1 Å². The topological polar surface area (TPSA) is 141 Å². The van der Waals surface area contributed by atoms with Gasteiger partial charge in [-0.3, -0.25) is 23.8 Å². The van der Waals surface area contributed by atoms with Crippen molar-refractivity contribution in [1.29, 1.82) is 0 Å². The first-order valence-corrected chi connectivity index (χ1v) is 13.2. The summed E-state index contributed by atoms with van der Waals surface area (Å²) in [6.07, 6.45) is 3.87. The number of esters is 1. The van der Waals surface area contributed by atoms with E-state index in [1.807, 2.05) is 0 Å². The van der Waals surface area contributed by atoms with E-state index in [1.54, 1.807) is 44.2 Å². The number of terminal acetylenes is 1. The Bertz CT molecular complexity index is 1130. The summed E-state index contributed by atoms with van der Waals surface area (Å²) in [6, 6.07) is 7.10. The molecular formula is C25H31N2O9P. The van der Waals surface area contributed by atoms with Crippen LogP contribution in [0.5, 0.6) is 5.75 Å². The van der Waals surface area contributed by atoms with E-state index >= 15 is 0 Å². The smallest absolute Gasteiger partial charge is 0.459 e. The predicted octanol–water partition coefficient (Wildman–Crippen LogP) is 2.16. The summed E-state index contributed by atoms with van der Waals surface area (Å²) >= 11 is 0. The first-order chi connectivity index (χ1) is 17.4. The largest absolute Gasteiger partial charge is 0.462 e. The normalized spacial score (nSPS) is 28.0. The molecule has 2 aliphatic heterocycles. The van der Waals surface area contributed by atoms with Crippen molar-refractivity contribution in [3.8, 4) is 18.1 Å². The second-order valence-electron chi connectivity index (χ2n) is 9.19. The molecule has 200 valence electrons. The summed E-state index contributed by atoms with van der Waals surface area (Å²) in [7, 11) is -4.23. The summed E-state index contributed by atoms with van der Waals surface area (Å²) in [6.45, 7) is 5.86. The maximum atomic E-state index is 13.7. The maximum Gasteiger partial charge on any atom is 0.459 e. The van der Waals surface area contributed by atoms with Gasteiger partial charge in [0.1, 0.15) is 29.4 Å². The molecule has 3 rings (SSSR count). The highest BCUT2D eigenvalue weighted by atomic mass is 31.2. The molecule has 1 aromatic rings. The molecule has 0 radical (unpaired) electrons. The van der Waals surface area contributed by atoms with Gasteiger partial charge in [0.15, 0.2) is 12.0 Å². The number of carbonyl (C=O) groups is 3. The number of hydrogen-bond donors (Lipinski definition) is 2. The van der Waals surface area contributed by atoms with Crippen molar-refractivity contribution in [2.75, 3.05) is 6.61 Å². The first-order valence-electron chi connectivity index (χ1n) is 11.7. The van der Waals surface area contributed by atoms with Crippen LogP contribution in [0.1, 0.15) is 34.1 Å². The lowest BCUT2D eigenvalue weighted by molar-refractivity contribution is -0.149. The highest BCUT2D eigenvalue weighted by Gasteiger charge is 2.56. The predicted molar refractivity (Wildman–Crippen MR) is 132 cm³/mol. The number of aliphatic hydroxyl groups is 1. The Morgan fingerprint density at radius 2 is 2.00 bits per heavy atom. The number of amides is 1. The van der Waals surface area contributed by atoms with E-state index in [4.69, 9.17) is 24.9 Å². The minimum atomic E-state index is -4.23. The van der Waals surface area contributed by atoms with Gasteiger partial charge >= 0.3 is 13.7 Å². The number of para-hydroxylation sites is 1. The molecule has 1 aromatic carbocycles. The highest BCUT2D eigenvalue weighted by molar-refractivity contribution is 7.52. The van der Waals surface area contributed by atoms with Crippen molar-refractivity contribution in [3.63, 3.8) is 0 Å². The average Bonchev–Trinajstić information content (AvgIpc) is 3.08. The van der Waals surface area contributed by atoms with Crippen LogP contribution in [0.2, 0.25) is 0 Å². The fourth-order valence-corrected chi connectivity index (χ4v) is 5.32. The molecule has 0 saturated carbocycles. The minimum absolute atomic E-state index is 0.204. The second-order valence-corrected chi connectivity index (χ2v) is 10.9. The number of carbonyl (C=O) groups excluding carboxylic acids is 3. The van der Waals surface area contributed by atoms with Crippen molar-refractivity contribution < 1.29 is 42.6 Å². The number of nitrogens with zero attached hydrogens (tertiary/aromatic N) is 1. The van der Waals surface area contributed by atoms with E-state index in [0.29, 0.717) is 0 Å². The number of hydrogen-bond acceptors (Lipinski definition) is 9. The Hall–Kier alpha value is -3.00. The van der Waals surface area contributed by atoms with E-state index in [-0.39, 0.29) is 18.0 Å². The SMILES string of the molecule is C#C[C@]1(C)[C@H](O)[C@@H](COP(=O)(N[C@@H](C)C(=O)OC(C)C)Oc2ccccc2)O[C@H]1N1C=CC(=O)CC1=O.